The average Bonchev–Trinajstić information content (AvgIpc) is 3.19. The maximum absolute atomic E-state index is 11.8. The van der Waals surface area contributed by atoms with Crippen molar-refractivity contribution in [2.75, 3.05) is 6.61 Å². The predicted molar refractivity (Wildman–Crippen MR) is 99.0 cm³/mol. The highest BCUT2D eigenvalue weighted by molar-refractivity contribution is 5.85. The molecule has 0 saturated carbocycles. The van der Waals surface area contributed by atoms with E-state index in [9.17, 15) is 19.7 Å². The number of hydrogen-bond acceptors (Lipinski definition) is 9. The minimum atomic E-state index is -0.819. The summed E-state index contributed by atoms with van der Waals surface area (Å²) in [4.78, 5) is 37.6. The topological polar surface area (TPSA) is 135 Å². The van der Waals surface area contributed by atoms with Gasteiger partial charge in [0.2, 0.25) is 5.82 Å². The third-order valence-corrected chi connectivity index (χ3v) is 3.80. The summed E-state index contributed by atoms with van der Waals surface area (Å²) in [5.41, 5.74) is 1.03. The van der Waals surface area contributed by atoms with Crippen molar-refractivity contribution >= 4 is 17.9 Å². The number of carbonyl (C=O) groups is 2. The summed E-state index contributed by atoms with van der Waals surface area (Å²) >= 11 is 0. The molecule has 0 aliphatic rings. The molecule has 3 rings (SSSR count). The number of non-ortho nitro benzene ring substituents is 1. The lowest BCUT2D eigenvalue weighted by Crippen LogP contribution is -2.04. The molecular formula is C19H15N3O7. The van der Waals surface area contributed by atoms with Crippen LogP contribution in [0, 0.1) is 17.0 Å². The van der Waals surface area contributed by atoms with Crippen LogP contribution in [0.5, 0.6) is 11.5 Å². The van der Waals surface area contributed by atoms with Gasteiger partial charge in [-0.2, -0.15) is 4.98 Å². The predicted octanol–water partition coefficient (Wildman–Crippen LogP) is 3.73. The number of nitrogens with zero attached hydrogens (tertiary/aromatic N) is 3. The van der Waals surface area contributed by atoms with Gasteiger partial charge in [0.1, 0.15) is 11.5 Å². The van der Waals surface area contributed by atoms with E-state index in [0.717, 1.165) is 5.56 Å². The largest absolute Gasteiger partial charge is 0.459 e. The molecule has 1 heterocycles. The molecule has 0 spiro atoms. The number of ether oxygens (including phenoxy) is 2. The van der Waals surface area contributed by atoms with Gasteiger partial charge in [0.25, 0.3) is 5.69 Å². The number of aryl methyl sites for hydroxylation is 1. The zero-order valence-electron chi connectivity index (χ0n) is 15.4. The zero-order valence-corrected chi connectivity index (χ0v) is 15.4. The fourth-order valence-corrected chi connectivity index (χ4v) is 2.48. The van der Waals surface area contributed by atoms with Gasteiger partial charge in [0.05, 0.1) is 22.7 Å². The Kier molecular flexibility index (Phi) is 5.63. The van der Waals surface area contributed by atoms with Gasteiger partial charge in [-0.3, -0.25) is 14.9 Å². The van der Waals surface area contributed by atoms with Crippen LogP contribution in [0.15, 0.2) is 40.9 Å². The van der Waals surface area contributed by atoms with E-state index < -0.39 is 16.8 Å². The highest BCUT2D eigenvalue weighted by atomic mass is 16.6. The number of rotatable bonds is 7. The van der Waals surface area contributed by atoms with Crippen molar-refractivity contribution in [3.8, 4) is 22.9 Å². The van der Waals surface area contributed by atoms with Crippen LogP contribution in [0.3, 0.4) is 0 Å². The third-order valence-electron chi connectivity index (χ3n) is 3.80. The van der Waals surface area contributed by atoms with E-state index in [1.54, 1.807) is 25.1 Å². The van der Waals surface area contributed by atoms with Crippen molar-refractivity contribution < 1.29 is 28.5 Å². The summed E-state index contributed by atoms with van der Waals surface area (Å²) < 4.78 is 15.5. The first-order valence-corrected chi connectivity index (χ1v) is 8.46. The number of esters is 1. The highest BCUT2D eigenvalue weighted by Gasteiger charge is 2.22. The molecule has 0 fully saturated rings. The van der Waals surface area contributed by atoms with Crippen LogP contribution in [-0.4, -0.2) is 33.9 Å². The number of nitro benzene ring substituents is 1. The van der Waals surface area contributed by atoms with Crippen LogP contribution < -0.4 is 4.74 Å². The van der Waals surface area contributed by atoms with Gasteiger partial charge in [-0.05, 0) is 32.0 Å². The Labute approximate surface area is 164 Å². The summed E-state index contributed by atoms with van der Waals surface area (Å²) in [6, 6.07) is 8.76. The summed E-state index contributed by atoms with van der Waals surface area (Å²) in [6.07, 6.45) is 0.639. The Morgan fingerprint density at radius 3 is 2.69 bits per heavy atom. The highest BCUT2D eigenvalue weighted by Crippen LogP contribution is 2.36. The van der Waals surface area contributed by atoms with Crippen molar-refractivity contribution in [1.29, 1.82) is 0 Å². The molecule has 10 nitrogen and oxygen atoms in total. The van der Waals surface area contributed by atoms with Crippen molar-refractivity contribution in [3.63, 3.8) is 0 Å². The Morgan fingerprint density at radius 1 is 1.24 bits per heavy atom. The summed E-state index contributed by atoms with van der Waals surface area (Å²) in [5.74, 6) is -0.941. The minimum Gasteiger partial charge on any atom is -0.459 e. The number of aromatic nitrogens is 2. The molecule has 0 bridgehead atoms. The van der Waals surface area contributed by atoms with Crippen molar-refractivity contribution in [1.82, 2.24) is 10.1 Å². The summed E-state index contributed by atoms with van der Waals surface area (Å²) in [7, 11) is 0. The van der Waals surface area contributed by atoms with Crippen LogP contribution in [0.1, 0.15) is 33.5 Å². The van der Waals surface area contributed by atoms with E-state index in [1.807, 2.05) is 6.92 Å². The SMILES string of the molecule is CCOC(=O)c1nc(-c2cc([N+](=O)[O-])ccc2Oc2ccc(C)cc2C=O)no1. The number of carbonyl (C=O) groups excluding carboxylic acids is 2. The van der Waals surface area contributed by atoms with Crippen LogP contribution in [-0.2, 0) is 4.74 Å². The number of aldehydes is 1. The number of nitro groups is 1. The second kappa shape index (κ2) is 8.30. The van der Waals surface area contributed by atoms with Crippen molar-refractivity contribution in [3.05, 3.63) is 63.5 Å². The molecule has 0 unspecified atom stereocenters. The molecule has 29 heavy (non-hydrogen) atoms. The van der Waals surface area contributed by atoms with Crippen molar-refractivity contribution in [2.45, 2.75) is 13.8 Å². The van der Waals surface area contributed by atoms with Gasteiger partial charge in [0, 0.05) is 12.1 Å². The van der Waals surface area contributed by atoms with Gasteiger partial charge < -0.3 is 14.0 Å². The molecule has 0 radical (unpaired) electrons. The lowest BCUT2D eigenvalue weighted by Gasteiger charge is -2.11. The second-order valence-corrected chi connectivity index (χ2v) is 5.84. The first kappa shape index (κ1) is 19.7. The molecule has 0 amide bonds. The van der Waals surface area contributed by atoms with E-state index in [1.165, 1.54) is 18.2 Å². The zero-order chi connectivity index (χ0) is 21.0. The van der Waals surface area contributed by atoms with E-state index in [2.05, 4.69) is 10.1 Å². The monoisotopic (exact) mass is 397 g/mol. The molecule has 0 saturated heterocycles. The summed E-state index contributed by atoms with van der Waals surface area (Å²) in [6.45, 7) is 3.56. The molecule has 1 aromatic heterocycles. The van der Waals surface area contributed by atoms with Gasteiger partial charge in [-0.1, -0.05) is 16.8 Å². The first-order chi connectivity index (χ1) is 13.9. The third kappa shape index (κ3) is 4.26. The Morgan fingerprint density at radius 2 is 2.00 bits per heavy atom. The van der Waals surface area contributed by atoms with E-state index in [0.29, 0.717) is 11.8 Å². The number of hydrogen-bond donors (Lipinski definition) is 0. The molecule has 0 atom stereocenters. The summed E-state index contributed by atoms with van der Waals surface area (Å²) in [5, 5.41) is 14.9. The second-order valence-electron chi connectivity index (χ2n) is 5.84. The quantitative estimate of drug-likeness (QED) is 0.253. The smallest absolute Gasteiger partial charge is 0.397 e. The first-order valence-electron chi connectivity index (χ1n) is 8.46. The molecule has 148 valence electrons. The fraction of sp³-hybridized carbons (Fsp3) is 0.158. The van der Waals surface area contributed by atoms with Crippen LogP contribution in [0.4, 0.5) is 5.69 Å². The van der Waals surface area contributed by atoms with E-state index in [-0.39, 0.29) is 35.2 Å². The molecule has 3 aromatic rings. The van der Waals surface area contributed by atoms with E-state index in [4.69, 9.17) is 14.0 Å². The maximum atomic E-state index is 11.8. The molecule has 0 aliphatic carbocycles. The normalized spacial score (nSPS) is 10.4. The van der Waals surface area contributed by atoms with Crippen LogP contribution in [0.25, 0.3) is 11.4 Å². The van der Waals surface area contributed by atoms with Gasteiger partial charge in [-0.15, -0.1) is 0 Å². The lowest BCUT2D eigenvalue weighted by molar-refractivity contribution is -0.384. The van der Waals surface area contributed by atoms with Gasteiger partial charge in [-0.25, -0.2) is 4.79 Å². The van der Waals surface area contributed by atoms with Crippen molar-refractivity contribution in [2.24, 2.45) is 0 Å². The Hall–Kier alpha value is -4.08. The van der Waals surface area contributed by atoms with Crippen LogP contribution >= 0.6 is 0 Å². The lowest BCUT2D eigenvalue weighted by atomic mass is 10.1. The standard InChI is InChI=1S/C19H15N3O7/c1-3-27-19(24)18-20-17(21-29-18)14-9-13(22(25)26)5-7-16(14)28-15-6-4-11(2)8-12(15)10-23/h4-10H,3H2,1-2H3. The maximum Gasteiger partial charge on any atom is 0.397 e. The average molecular weight is 397 g/mol. The van der Waals surface area contributed by atoms with Gasteiger partial charge in [0.15, 0.2) is 6.29 Å². The molecule has 10 heteroatoms. The molecule has 0 N–H and O–H groups in total. The molecule has 0 aliphatic heterocycles. The number of benzene rings is 2. The van der Waals surface area contributed by atoms with Crippen LogP contribution in [0.2, 0.25) is 0 Å². The minimum absolute atomic E-state index is 0.105. The fourth-order valence-electron chi connectivity index (χ4n) is 2.48. The molecule has 2 aromatic carbocycles. The Bertz CT molecular complexity index is 1090. The Balaban J connectivity index is 2.06. The van der Waals surface area contributed by atoms with E-state index >= 15 is 0 Å². The molecular weight excluding hydrogens is 382 g/mol. The van der Waals surface area contributed by atoms with Gasteiger partial charge >= 0.3 is 11.9 Å².